The third-order valence-corrected chi connectivity index (χ3v) is 4.47. The molecule has 0 aliphatic heterocycles. The molecule has 1 amide bonds. The zero-order chi connectivity index (χ0) is 13.7. The van der Waals surface area contributed by atoms with Gasteiger partial charge in [0.25, 0.3) is 0 Å². The number of nitrogens with one attached hydrogen (secondary N) is 1. The number of carbonyl (C=O) groups excluding carboxylic acids is 1. The quantitative estimate of drug-likeness (QED) is 0.768. The number of aliphatic hydroxyl groups is 1. The molecule has 2 saturated carbocycles. The van der Waals surface area contributed by atoms with Gasteiger partial charge in [0.15, 0.2) is 0 Å². The molecule has 2 aliphatic carbocycles. The van der Waals surface area contributed by atoms with Crippen molar-refractivity contribution in [2.45, 2.75) is 63.5 Å². The van der Waals surface area contributed by atoms with E-state index in [4.69, 9.17) is 0 Å². The Balaban J connectivity index is 1.54. The molecule has 0 saturated heterocycles. The Morgan fingerprint density at radius 3 is 2.58 bits per heavy atom. The Bertz CT molecular complexity index is 284. The number of rotatable bonds is 6. The number of nitrogens with zero attached hydrogens (tertiary/aromatic N) is 1. The van der Waals surface area contributed by atoms with Gasteiger partial charge in [0.1, 0.15) is 0 Å². The lowest BCUT2D eigenvalue weighted by Gasteiger charge is -2.34. The summed E-state index contributed by atoms with van der Waals surface area (Å²) in [6.07, 6.45) is 8.53. The summed E-state index contributed by atoms with van der Waals surface area (Å²) in [6.45, 7) is 1.83. The topological polar surface area (TPSA) is 52.6 Å². The second kappa shape index (κ2) is 7.25. The van der Waals surface area contributed by atoms with Crippen LogP contribution in [-0.4, -0.2) is 48.2 Å². The van der Waals surface area contributed by atoms with E-state index < -0.39 is 0 Å². The molecular weight excluding hydrogens is 240 g/mol. The van der Waals surface area contributed by atoms with Gasteiger partial charge in [-0.1, -0.05) is 19.3 Å². The van der Waals surface area contributed by atoms with Crippen molar-refractivity contribution in [2.24, 2.45) is 5.92 Å². The highest BCUT2D eigenvalue weighted by atomic mass is 16.3. The van der Waals surface area contributed by atoms with Gasteiger partial charge in [-0.15, -0.1) is 0 Å². The second-order valence-electron chi connectivity index (χ2n) is 6.41. The summed E-state index contributed by atoms with van der Waals surface area (Å²) in [4.78, 5) is 14.1. The molecule has 0 bridgehead atoms. The molecule has 2 aliphatic rings. The minimum atomic E-state index is -0.0759. The van der Waals surface area contributed by atoms with Crippen molar-refractivity contribution in [1.29, 1.82) is 0 Å². The molecule has 19 heavy (non-hydrogen) atoms. The maximum atomic E-state index is 11.9. The van der Waals surface area contributed by atoms with E-state index in [1.165, 1.54) is 19.3 Å². The van der Waals surface area contributed by atoms with Crippen molar-refractivity contribution in [3.63, 3.8) is 0 Å². The van der Waals surface area contributed by atoms with Crippen molar-refractivity contribution in [1.82, 2.24) is 10.2 Å². The SMILES string of the molecule is CN(CCC(=O)NC1CCCCC1)CC1CC(O)C1. The molecule has 2 rings (SSSR count). The van der Waals surface area contributed by atoms with Gasteiger partial charge < -0.3 is 15.3 Å². The fourth-order valence-electron chi connectivity index (χ4n) is 3.22. The van der Waals surface area contributed by atoms with Crippen LogP contribution >= 0.6 is 0 Å². The Kier molecular flexibility index (Phi) is 5.64. The van der Waals surface area contributed by atoms with E-state index in [0.29, 0.717) is 18.4 Å². The lowest BCUT2D eigenvalue weighted by molar-refractivity contribution is -0.122. The zero-order valence-corrected chi connectivity index (χ0v) is 12.1. The fraction of sp³-hybridized carbons (Fsp3) is 0.933. The first-order valence-electron chi connectivity index (χ1n) is 7.79. The molecule has 2 fully saturated rings. The van der Waals surface area contributed by atoms with Crippen LogP contribution in [0.4, 0.5) is 0 Å². The average Bonchev–Trinajstić information content (AvgIpc) is 2.36. The van der Waals surface area contributed by atoms with Crippen LogP contribution in [0.3, 0.4) is 0 Å². The molecule has 0 aromatic rings. The lowest BCUT2D eigenvalue weighted by atomic mass is 9.82. The van der Waals surface area contributed by atoms with Crippen LogP contribution in [0.1, 0.15) is 51.4 Å². The van der Waals surface area contributed by atoms with Crippen LogP contribution in [0.15, 0.2) is 0 Å². The molecule has 0 spiro atoms. The first-order valence-corrected chi connectivity index (χ1v) is 7.79. The smallest absolute Gasteiger partial charge is 0.221 e. The van der Waals surface area contributed by atoms with E-state index in [9.17, 15) is 9.90 Å². The Morgan fingerprint density at radius 2 is 1.95 bits per heavy atom. The molecule has 0 unspecified atom stereocenters. The van der Waals surface area contributed by atoms with Crippen LogP contribution in [0, 0.1) is 5.92 Å². The van der Waals surface area contributed by atoms with Gasteiger partial charge in [-0.2, -0.15) is 0 Å². The number of hydrogen-bond donors (Lipinski definition) is 2. The van der Waals surface area contributed by atoms with E-state index in [2.05, 4.69) is 17.3 Å². The minimum Gasteiger partial charge on any atom is -0.393 e. The maximum Gasteiger partial charge on any atom is 0.221 e. The van der Waals surface area contributed by atoms with E-state index in [-0.39, 0.29) is 12.0 Å². The standard InChI is InChI=1S/C15H28N2O2/c1-17(11-12-9-14(18)10-12)8-7-15(19)16-13-5-3-2-4-6-13/h12-14,18H,2-11H2,1H3,(H,16,19). The van der Waals surface area contributed by atoms with Crippen LogP contribution in [0.2, 0.25) is 0 Å². The summed E-state index contributed by atoms with van der Waals surface area (Å²) in [6, 6.07) is 0.424. The van der Waals surface area contributed by atoms with Gasteiger partial charge in [-0.3, -0.25) is 4.79 Å². The van der Waals surface area contributed by atoms with E-state index in [1.807, 2.05) is 0 Å². The number of carbonyl (C=O) groups is 1. The van der Waals surface area contributed by atoms with Crippen molar-refractivity contribution in [3.05, 3.63) is 0 Å². The third-order valence-electron chi connectivity index (χ3n) is 4.47. The fourth-order valence-corrected chi connectivity index (χ4v) is 3.22. The third kappa shape index (κ3) is 5.11. The molecule has 0 atom stereocenters. The lowest BCUT2D eigenvalue weighted by Crippen LogP contribution is -2.40. The van der Waals surface area contributed by atoms with Crippen molar-refractivity contribution in [2.75, 3.05) is 20.1 Å². The summed E-state index contributed by atoms with van der Waals surface area (Å²) in [5, 5.41) is 12.4. The highest BCUT2D eigenvalue weighted by Crippen LogP contribution is 2.27. The van der Waals surface area contributed by atoms with Crippen LogP contribution in [-0.2, 0) is 4.79 Å². The van der Waals surface area contributed by atoms with Gasteiger partial charge in [0.05, 0.1) is 6.10 Å². The van der Waals surface area contributed by atoms with Crippen molar-refractivity contribution < 1.29 is 9.90 Å². The van der Waals surface area contributed by atoms with Crippen LogP contribution < -0.4 is 5.32 Å². The zero-order valence-electron chi connectivity index (χ0n) is 12.1. The van der Waals surface area contributed by atoms with Gasteiger partial charge in [-0.25, -0.2) is 0 Å². The molecule has 4 heteroatoms. The van der Waals surface area contributed by atoms with E-state index in [1.54, 1.807) is 0 Å². The predicted molar refractivity (Wildman–Crippen MR) is 75.9 cm³/mol. The number of hydrogen-bond acceptors (Lipinski definition) is 3. The second-order valence-corrected chi connectivity index (χ2v) is 6.41. The molecule has 0 radical (unpaired) electrons. The molecular formula is C15H28N2O2. The van der Waals surface area contributed by atoms with Crippen molar-refractivity contribution >= 4 is 5.91 Å². The molecule has 0 heterocycles. The van der Waals surface area contributed by atoms with Gasteiger partial charge >= 0.3 is 0 Å². The molecule has 0 aromatic heterocycles. The summed E-state index contributed by atoms with van der Waals surface area (Å²) < 4.78 is 0. The summed E-state index contributed by atoms with van der Waals surface area (Å²) in [5.74, 6) is 0.828. The summed E-state index contributed by atoms with van der Waals surface area (Å²) in [7, 11) is 2.07. The molecule has 4 nitrogen and oxygen atoms in total. The first kappa shape index (κ1) is 14.8. The molecule has 2 N–H and O–H groups in total. The van der Waals surface area contributed by atoms with Crippen LogP contribution in [0.5, 0.6) is 0 Å². The average molecular weight is 268 g/mol. The maximum absolute atomic E-state index is 11.9. The predicted octanol–water partition coefficient (Wildman–Crippen LogP) is 1.53. The normalized spacial score (nSPS) is 28.2. The van der Waals surface area contributed by atoms with E-state index >= 15 is 0 Å². The highest BCUT2D eigenvalue weighted by Gasteiger charge is 2.27. The first-order chi connectivity index (χ1) is 9.13. The monoisotopic (exact) mass is 268 g/mol. The van der Waals surface area contributed by atoms with Crippen molar-refractivity contribution in [3.8, 4) is 0 Å². The Morgan fingerprint density at radius 1 is 1.26 bits per heavy atom. The number of amides is 1. The summed E-state index contributed by atoms with van der Waals surface area (Å²) in [5.41, 5.74) is 0. The molecule has 110 valence electrons. The number of aliphatic hydroxyl groups excluding tert-OH is 1. The van der Waals surface area contributed by atoms with Crippen LogP contribution in [0.25, 0.3) is 0 Å². The minimum absolute atomic E-state index is 0.0759. The summed E-state index contributed by atoms with van der Waals surface area (Å²) >= 11 is 0. The molecule has 0 aromatic carbocycles. The largest absolute Gasteiger partial charge is 0.393 e. The Labute approximate surface area is 116 Å². The van der Waals surface area contributed by atoms with Gasteiger partial charge in [0, 0.05) is 25.6 Å². The highest BCUT2D eigenvalue weighted by molar-refractivity contribution is 5.76. The van der Waals surface area contributed by atoms with Gasteiger partial charge in [-0.05, 0) is 38.6 Å². The van der Waals surface area contributed by atoms with Gasteiger partial charge in [0.2, 0.25) is 5.91 Å². The Hall–Kier alpha value is -0.610. The van der Waals surface area contributed by atoms with E-state index in [0.717, 1.165) is 38.8 Å².